The van der Waals surface area contributed by atoms with Crippen LogP contribution in [-0.2, 0) is 4.74 Å². The Morgan fingerprint density at radius 1 is 1.40 bits per heavy atom. The largest absolute Gasteiger partial charge is 0.462 e. The second-order valence-electron chi connectivity index (χ2n) is 3.71. The van der Waals surface area contributed by atoms with Crippen molar-refractivity contribution in [3.8, 4) is 0 Å². The van der Waals surface area contributed by atoms with Crippen molar-refractivity contribution in [1.82, 2.24) is 4.98 Å². The quantitative estimate of drug-likeness (QED) is 0.695. The van der Waals surface area contributed by atoms with E-state index in [0.717, 1.165) is 0 Å². The van der Waals surface area contributed by atoms with Gasteiger partial charge in [-0.2, -0.15) is 0 Å². The molecule has 0 aromatic carbocycles. The lowest BCUT2D eigenvalue weighted by molar-refractivity contribution is 0.0528. The fourth-order valence-electron chi connectivity index (χ4n) is 1.46. The van der Waals surface area contributed by atoms with Gasteiger partial charge in [0.1, 0.15) is 10.2 Å². The van der Waals surface area contributed by atoms with Gasteiger partial charge in [-0.25, -0.2) is 9.78 Å². The summed E-state index contributed by atoms with van der Waals surface area (Å²) in [5.41, 5.74) is 0.699. The van der Waals surface area contributed by atoms with E-state index in [9.17, 15) is 9.59 Å². The Bertz CT molecular complexity index is 625. The highest BCUT2D eigenvalue weighted by Crippen LogP contribution is 2.24. The minimum absolute atomic E-state index is 0.281. The Morgan fingerprint density at radius 2 is 2.20 bits per heavy atom. The van der Waals surface area contributed by atoms with Crippen LogP contribution in [0.4, 0.5) is 5.00 Å². The van der Waals surface area contributed by atoms with Gasteiger partial charge in [0.25, 0.3) is 5.91 Å². The van der Waals surface area contributed by atoms with Gasteiger partial charge < -0.3 is 10.1 Å². The number of carbonyl (C=O) groups is 2. The van der Waals surface area contributed by atoms with Crippen molar-refractivity contribution in [3.63, 3.8) is 0 Å². The summed E-state index contributed by atoms with van der Waals surface area (Å²) >= 11 is 6.91. The number of aromatic nitrogens is 1. The molecule has 2 aromatic rings. The molecule has 0 aliphatic heterocycles. The van der Waals surface area contributed by atoms with Crippen molar-refractivity contribution in [2.75, 3.05) is 11.9 Å². The molecule has 2 rings (SSSR count). The van der Waals surface area contributed by atoms with E-state index in [1.807, 2.05) is 0 Å². The zero-order valence-corrected chi connectivity index (χ0v) is 12.1. The minimum atomic E-state index is -0.460. The van der Waals surface area contributed by atoms with E-state index in [-0.39, 0.29) is 12.5 Å². The number of nitrogens with one attached hydrogen (secondary N) is 1. The van der Waals surface area contributed by atoms with Crippen molar-refractivity contribution in [1.29, 1.82) is 0 Å². The van der Waals surface area contributed by atoms with Crippen LogP contribution in [-0.4, -0.2) is 23.5 Å². The van der Waals surface area contributed by atoms with E-state index in [1.165, 1.54) is 23.6 Å². The summed E-state index contributed by atoms with van der Waals surface area (Å²) in [5, 5.41) is 5.13. The second-order valence-corrected chi connectivity index (χ2v) is 5.01. The number of halogens is 1. The monoisotopic (exact) mass is 310 g/mol. The molecule has 0 atom stereocenters. The number of thiophene rings is 1. The zero-order chi connectivity index (χ0) is 14.5. The van der Waals surface area contributed by atoms with Crippen LogP contribution in [0.5, 0.6) is 0 Å². The molecular weight excluding hydrogens is 300 g/mol. The van der Waals surface area contributed by atoms with Crippen LogP contribution < -0.4 is 5.32 Å². The molecule has 1 N–H and O–H groups in total. The van der Waals surface area contributed by atoms with Crippen molar-refractivity contribution in [3.05, 3.63) is 46.1 Å². The van der Waals surface area contributed by atoms with Crippen molar-refractivity contribution in [2.45, 2.75) is 6.92 Å². The van der Waals surface area contributed by atoms with Crippen LogP contribution in [0.2, 0.25) is 5.15 Å². The molecule has 5 nitrogen and oxygen atoms in total. The fraction of sp³-hybridized carbons (Fsp3) is 0.154. The maximum absolute atomic E-state index is 12.0. The maximum Gasteiger partial charge on any atom is 0.341 e. The highest BCUT2D eigenvalue weighted by molar-refractivity contribution is 7.14. The number of carbonyl (C=O) groups excluding carboxylic acids is 2. The van der Waals surface area contributed by atoms with Crippen LogP contribution in [0, 0.1) is 0 Å². The molecule has 2 aromatic heterocycles. The van der Waals surface area contributed by atoms with Gasteiger partial charge in [-0.05, 0) is 30.5 Å². The number of esters is 1. The Hall–Kier alpha value is -1.92. The normalized spacial score (nSPS) is 10.1. The zero-order valence-electron chi connectivity index (χ0n) is 10.6. The molecular formula is C13H11ClN2O3S. The van der Waals surface area contributed by atoms with E-state index < -0.39 is 5.97 Å². The first-order valence-corrected chi connectivity index (χ1v) is 7.05. The predicted molar refractivity (Wildman–Crippen MR) is 77.5 cm³/mol. The molecule has 2 heterocycles. The van der Waals surface area contributed by atoms with Gasteiger partial charge in [0.05, 0.1) is 17.7 Å². The van der Waals surface area contributed by atoms with Gasteiger partial charge in [0.2, 0.25) is 0 Å². The third-order valence-electron chi connectivity index (χ3n) is 2.38. The lowest BCUT2D eigenvalue weighted by atomic mass is 10.2. The Labute approximate surface area is 124 Å². The number of hydrogen-bond acceptors (Lipinski definition) is 5. The standard InChI is InChI=1S/C13H11ClN2O3S/c1-2-19-13(18)9-5-6-20-12(9)16-11(17)8-3-4-10(14)15-7-8/h3-7H,2H2,1H3,(H,16,17). The van der Waals surface area contributed by atoms with Crippen molar-refractivity contribution in [2.24, 2.45) is 0 Å². The number of nitrogens with zero attached hydrogens (tertiary/aromatic N) is 1. The molecule has 0 unspecified atom stereocenters. The number of pyridine rings is 1. The first-order valence-electron chi connectivity index (χ1n) is 5.79. The summed E-state index contributed by atoms with van der Waals surface area (Å²) < 4.78 is 4.92. The van der Waals surface area contributed by atoms with E-state index in [1.54, 1.807) is 24.4 Å². The minimum Gasteiger partial charge on any atom is -0.462 e. The van der Waals surface area contributed by atoms with Crippen molar-refractivity contribution >= 4 is 39.8 Å². The van der Waals surface area contributed by atoms with Gasteiger partial charge in [0.15, 0.2) is 0 Å². The van der Waals surface area contributed by atoms with Crippen molar-refractivity contribution < 1.29 is 14.3 Å². The predicted octanol–water partition coefficient (Wildman–Crippen LogP) is 3.23. The van der Waals surface area contributed by atoms with Crippen LogP contribution >= 0.6 is 22.9 Å². The van der Waals surface area contributed by atoms with Gasteiger partial charge >= 0.3 is 5.97 Å². The third-order valence-corrected chi connectivity index (χ3v) is 3.43. The summed E-state index contributed by atoms with van der Waals surface area (Å²) in [6.07, 6.45) is 1.37. The van der Waals surface area contributed by atoms with Gasteiger partial charge in [-0.15, -0.1) is 11.3 Å². The van der Waals surface area contributed by atoms with E-state index in [2.05, 4.69) is 10.3 Å². The molecule has 7 heteroatoms. The third kappa shape index (κ3) is 3.34. The van der Waals surface area contributed by atoms with Crippen LogP contribution in [0.15, 0.2) is 29.8 Å². The molecule has 0 fully saturated rings. The number of amides is 1. The molecule has 0 spiro atoms. The molecule has 0 saturated heterocycles. The SMILES string of the molecule is CCOC(=O)c1ccsc1NC(=O)c1ccc(Cl)nc1. The first-order chi connectivity index (χ1) is 9.61. The summed E-state index contributed by atoms with van der Waals surface area (Å²) in [5.74, 6) is -0.819. The number of anilines is 1. The van der Waals surface area contributed by atoms with Gasteiger partial charge in [0, 0.05) is 6.20 Å². The van der Waals surface area contributed by atoms with Crippen LogP contribution in [0.3, 0.4) is 0 Å². The second kappa shape index (κ2) is 6.49. The molecule has 0 aliphatic rings. The van der Waals surface area contributed by atoms with E-state index >= 15 is 0 Å². The molecule has 0 saturated carbocycles. The Morgan fingerprint density at radius 3 is 2.85 bits per heavy atom. The number of ether oxygens (including phenoxy) is 1. The smallest absolute Gasteiger partial charge is 0.341 e. The summed E-state index contributed by atoms with van der Waals surface area (Å²) in [6.45, 7) is 2.01. The fourth-order valence-corrected chi connectivity index (χ4v) is 2.34. The average Bonchev–Trinajstić information content (AvgIpc) is 2.88. The molecule has 0 aliphatic carbocycles. The molecule has 1 amide bonds. The van der Waals surface area contributed by atoms with E-state index in [4.69, 9.17) is 16.3 Å². The Balaban J connectivity index is 2.14. The summed E-state index contributed by atoms with van der Waals surface area (Å²) in [4.78, 5) is 27.5. The lowest BCUT2D eigenvalue weighted by Gasteiger charge is -2.06. The first kappa shape index (κ1) is 14.5. The Kier molecular flexibility index (Phi) is 4.70. The molecule has 20 heavy (non-hydrogen) atoms. The number of hydrogen-bond donors (Lipinski definition) is 1. The van der Waals surface area contributed by atoms with Crippen LogP contribution in [0.1, 0.15) is 27.6 Å². The van der Waals surface area contributed by atoms with Gasteiger partial charge in [-0.1, -0.05) is 11.6 Å². The molecule has 0 radical (unpaired) electrons. The average molecular weight is 311 g/mol. The van der Waals surface area contributed by atoms with E-state index in [0.29, 0.717) is 21.3 Å². The molecule has 104 valence electrons. The molecule has 0 bridgehead atoms. The lowest BCUT2D eigenvalue weighted by Crippen LogP contribution is -2.14. The van der Waals surface area contributed by atoms with Gasteiger partial charge in [-0.3, -0.25) is 4.79 Å². The highest BCUT2D eigenvalue weighted by Gasteiger charge is 2.16. The van der Waals surface area contributed by atoms with Crippen LogP contribution in [0.25, 0.3) is 0 Å². The maximum atomic E-state index is 12.0. The topological polar surface area (TPSA) is 68.3 Å². The number of rotatable bonds is 4. The summed E-state index contributed by atoms with van der Waals surface area (Å²) in [6, 6.07) is 4.69. The highest BCUT2D eigenvalue weighted by atomic mass is 35.5. The summed E-state index contributed by atoms with van der Waals surface area (Å²) in [7, 11) is 0.